The Morgan fingerprint density at radius 1 is 1.40 bits per heavy atom. The summed E-state index contributed by atoms with van der Waals surface area (Å²) in [5.41, 5.74) is 0.143. The summed E-state index contributed by atoms with van der Waals surface area (Å²) >= 11 is 3.92. The number of nitrogens with one attached hydrogen (secondary N) is 1. The van der Waals surface area contributed by atoms with Crippen molar-refractivity contribution in [2.45, 2.75) is 6.11 Å². The van der Waals surface area contributed by atoms with Crippen LogP contribution in [0.5, 0.6) is 5.75 Å². The molecule has 20 heavy (non-hydrogen) atoms. The maximum absolute atomic E-state index is 13.5. The van der Waals surface area contributed by atoms with Crippen molar-refractivity contribution in [3.8, 4) is 5.75 Å². The van der Waals surface area contributed by atoms with Gasteiger partial charge in [-0.2, -0.15) is 21.4 Å². The van der Waals surface area contributed by atoms with Crippen LogP contribution in [0.15, 0.2) is 24.3 Å². The van der Waals surface area contributed by atoms with E-state index in [1.165, 1.54) is 18.2 Å². The smallest absolute Gasteiger partial charge is 0.423 e. The van der Waals surface area contributed by atoms with Crippen LogP contribution in [-0.2, 0) is 9.59 Å². The molecule has 1 aliphatic heterocycles. The standard InChI is InChI=1S/C12H12F2N2O3S/c13-12(14)11(18)16(7-10(17)15-5-6-20)8-3-1-2-4-9(8)19-12/h1-4,20H,5-7H2,(H,15,17). The Bertz CT molecular complexity index is 539. The number of amides is 2. The number of hydrogen-bond acceptors (Lipinski definition) is 4. The molecule has 8 heteroatoms. The maximum Gasteiger partial charge on any atom is 0.482 e. The van der Waals surface area contributed by atoms with E-state index >= 15 is 0 Å². The Morgan fingerprint density at radius 2 is 2.10 bits per heavy atom. The van der Waals surface area contributed by atoms with Gasteiger partial charge in [-0.1, -0.05) is 12.1 Å². The molecule has 0 bridgehead atoms. The summed E-state index contributed by atoms with van der Waals surface area (Å²) in [4.78, 5) is 24.0. The third-order valence-corrected chi connectivity index (χ3v) is 2.85. The maximum atomic E-state index is 13.5. The van der Waals surface area contributed by atoms with E-state index in [-0.39, 0.29) is 11.4 Å². The highest BCUT2D eigenvalue weighted by molar-refractivity contribution is 7.80. The number of fused-ring (bicyclic) bond motifs is 1. The van der Waals surface area contributed by atoms with E-state index in [1.807, 2.05) is 0 Å². The lowest BCUT2D eigenvalue weighted by Gasteiger charge is -2.32. The minimum Gasteiger partial charge on any atom is -0.423 e. The second-order valence-electron chi connectivity index (χ2n) is 4.05. The molecule has 0 aliphatic carbocycles. The van der Waals surface area contributed by atoms with Crippen LogP contribution in [0, 0.1) is 0 Å². The second-order valence-corrected chi connectivity index (χ2v) is 4.50. The van der Waals surface area contributed by atoms with Crippen molar-refractivity contribution in [1.82, 2.24) is 5.32 Å². The summed E-state index contributed by atoms with van der Waals surface area (Å²) in [6, 6.07) is 5.82. The minimum absolute atomic E-state index is 0.140. The normalized spacial score (nSPS) is 16.4. The van der Waals surface area contributed by atoms with Crippen molar-refractivity contribution in [3.05, 3.63) is 24.3 Å². The first-order chi connectivity index (χ1) is 9.45. The molecule has 0 fully saturated rings. The Hall–Kier alpha value is -1.83. The Labute approximate surface area is 119 Å². The molecule has 0 atom stereocenters. The lowest BCUT2D eigenvalue weighted by Crippen LogP contribution is -2.53. The highest BCUT2D eigenvalue weighted by Gasteiger charge is 2.50. The molecule has 2 amide bonds. The average Bonchev–Trinajstić information content (AvgIpc) is 2.41. The van der Waals surface area contributed by atoms with E-state index in [0.29, 0.717) is 17.2 Å². The second kappa shape index (κ2) is 5.66. The van der Waals surface area contributed by atoms with Crippen LogP contribution in [0.4, 0.5) is 14.5 Å². The average molecular weight is 302 g/mol. The predicted octanol–water partition coefficient (Wildman–Crippen LogP) is 1.05. The molecule has 1 N–H and O–H groups in total. The first-order valence-corrected chi connectivity index (χ1v) is 6.44. The number of hydrogen-bond donors (Lipinski definition) is 2. The third-order valence-electron chi connectivity index (χ3n) is 2.62. The molecule has 0 unspecified atom stereocenters. The van der Waals surface area contributed by atoms with Crippen molar-refractivity contribution in [1.29, 1.82) is 0 Å². The minimum atomic E-state index is -3.97. The van der Waals surface area contributed by atoms with Gasteiger partial charge in [-0.05, 0) is 12.1 Å². The molecule has 0 aromatic heterocycles. The Morgan fingerprint density at radius 3 is 2.80 bits per heavy atom. The summed E-state index contributed by atoms with van der Waals surface area (Å²) in [5, 5.41) is 2.46. The van der Waals surface area contributed by atoms with Gasteiger partial charge in [-0.25, -0.2) is 0 Å². The van der Waals surface area contributed by atoms with E-state index in [4.69, 9.17) is 0 Å². The van der Waals surface area contributed by atoms with Crippen LogP contribution in [-0.4, -0.2) is 36.8 Å². The SMILES string of the molecule is O=C(CN1C(=O)C(F)(F)Oc2ccccc21)NCCS. The van der Waals surface area contributed by atoms with Gasteiger partial charge in [-0.3, -0.25) is 14.5 Å². The van der Waals surface area contributed by atoms with Crippen LogP contribution < -0.4 is 15.0 Å². The van der Waals surface area contributed by atoms with Gasteiger partial charge >= 0.3 is 12.0 Å². The monoisotopic (exact) mass is 302 g/mol. The molecule has 1 aromatic rings. The first-order valence-electron chi connectivity index (χ1n) is 5.81. The van der Waals surface area contributed by atoms with Crippen molar-refractivity contribution < 1.29 is 23.1 Å². The number of ether oxygens (including phenoxy) is 1. The Balaban J connectivity index is 2.26. The molecule has 1 aliphatic rings. The van der Waals surface area contributed by atoms with Crippen LogP contribution in [0.2, 0.25) is 0 Å². The summed E-state index contributed by atoms with van der Waals surface area (Å²) in [6.07, 6.45) is -3.97. The molecular formula is C12H12F2N2O3S. The highest BCUT2D eigenvalue weighted by Crippen LogP contribution is 2.38. The zero-order valence-electron chi connectivity index (χ0n) is 10.3. The number of carbonyl (C=O) groups is 2. The van der Waals surface area contributed by atoms with Gasteiger partial charge in [0.2, 0.25) is 5.91 Å². The van der Waals surface area contributed by atoms with E-state index in [2.05, 4.69) is 22.7 Å². The zero-order valence-corrected chi connectivity index (χ0v) is 11.2. The number of para-hydroxylation sites is 2. The van der Waals surface area contributed by atoms with Gasteiger partial charge in [0.1, 0.15) is 6.54 Å². The lowest BCUT2D eigenvalue weighted by molar-refractivity contribution is -0.192. The third kappa shape index (κ3) is 2.84. The van der Waals surface area contributed by atoms with Crippen LogP contribution >= 0.6 is 12.6 Å². The number of alkyl halides is 2. The predicted molar refractivity (Wildman–Crippen MR) is 71.2 cm³/mol. The number of thiol groups is 1. The van der Waals surface area contributed by atoms with E-state index in [1.54, 1.807) is 6.07 Å². The molecule has 0 radical (unpaired) electrons. The quantitative estimate of drug-likeness (QED) is 0.818. The van der Waals surface area contributed by atoms with E-state index in [0.717, 1.165) is 0 Å². The number of halogens is 2. The molecule has 2 rings (SSSR count). The zero-order chi connectivity index (χ0) is 14.8. The number of anilines is 1. The fourth-order valence-corrected chi connectivity index (χ4v) is 1.88. The summed E-state index contributed by atoms with van der Waals surface area (Å²) < 4.78 is 31.3. The summed E-state index contributed by atoms with van der Waals surface area (Å²) in [6.45, 7) is -0.207. The van der Waals surface area contributed by atoms with Crippen LogP contribution in [0.1, 0.15) is 0 Å². The molecule has 0 spiro atoms. The van der Waals surface area contributed by atoms with Gasteiger partial charge in [0.15, 0.2) is 5.75 Å². The number of carbonyl (C=O) groups excluding carboxylic acids is 2. The molecule has 5 nitrogen and oxygen atoms in total. The van der Waals surface area contributed by atoms with Gasteiger partial charge in [-0.15, -0.1) is 0 Å². The summed E-state index contributed by atoms with van der Waals surface area (Å²) in [7, 11) is 0. The van der Waals surface area contributed by atoms with Crippen molar-refractivity contribution in [2.75, 3.05) is 23.7 Å². The van der Waals surface area contributed by atoms with Crippen LogP contribution in [0.25, 0.3) is 0 Å². The van der Waals surface area contributed by atoms with Gasteiger partial charge in [0, 0.05) is 12.3 Å². The van der Waals surface area contributed by atoms with Crippen molar-refractivity contribution in [2.24, 2.45) is 0 Å². The topological polar surface area (TPSA) is 58.6 Å². The molecule has 108 valence electrons. The van der Waals surface area contributed by atoms with E-state index < -0.39 is 24.5 Å². The molecule has 0 saturated heterocycles. The first kappa shape index (κ1) is 14.6. The summed E-state index contributed by atoms with van der Waals surface area (Å²) in [5.74, 6) is -1.83. The molecule has 0 saturated carbocycles. The van der Waals surface area contributed by atoms with Crippen LogP contribution in [0.3, 0.4) is 0 Å². The lowest BCUT2D eigenvalue weighted by atomic mass is 10.2. The number of benzene rings is 1. The van der Waals surface area contributed by atoms with Gasteiger partial charge in [0.05, 0.1) is 5.69 Å². The van der Waals surface area contributed by atoms with Crippen molar-refractivity contribution >= 4 is 30.1 Å². The highest BCUT2D eigenvalue weighted by atomic mass is 32.1. The van der Waals surface area contributed by atoms with E-state index in [9.17, 15) is 18.4 Å². The largest absolute Gasteiger partial charge is 0.482 e. The molecular weight excluding hydrogens is 290 g/mol. The fourth-order valence-electron chi connectivity index (χ4n) is 1.77. The molecule has 1 heterocycles. The molecule has 1 aromatic carbocycles. The van der Waals surface area contributed by atoms with Crippen molar-refractivity contribution in [3.63, 3.8) is 0 Å². The Kier molecular flexibility index (Phi) is 4.12. The van der Waals surface area contributed by atoms with Gasteiger partial charge in [0.25, 0.3) is 0 Å². The fraction of sp³-hybridized carbons (Fsp3) is 0.333. The number of nitrogens with zero attached hydrogens (tertiary/aromatic N) is 1. The van der Waals surface area contributed by atoms with Gasteiger partial charge < -0.3 is 10.1 Å². The number of rotatable bonds is 4.